The molecule has 0 aliphatic heterocycles. The number of fused-ring (bicyclic) bond motifs is 1. The van der Waals surface area contributed by atoms with Crippen molar-refractivity contribution in [2.75, 3.05) is 7.11 Å². The Morgan fingerprint density at radius 3 is 2.70 bits per heavy atom. The van der Waals surface area contributed by atoms with E-state index >= 15 is 0 Å². The van der Waals surface area contributed by atoms with Gasteiger partial charge in [-0.25, -0.2) is 9.78 Å². The molecule has 1 N–H and O–H groups in total. The molecule has 0 aliphatic rings. The molecule has 0 atom stereocenters. The van der Waals surface area contributed by atoms with Gasteiger partial charge in [0.1, 0.15) is 10.6 Å². The van der Waals surface area contributed by atoms with E-state index in [1.54, 1.807) is 13.2 Å². The van der Waals surface area contributed by atoms with Gasteiger partial charge in [-0.1, -0.05) is 29.5 Å². The second-order valence-corrected chi connectivity index (χ2v) is 5.69. The van der Waals surface area contributed by atoms with E-state index < -0.39 is 5.97 Å². The number of nitrogens with zero attached hydrogens (tertiary/aromatic N) is 2. The number of ether oxygens (including phenoxy) is 1. The molecule has 0 bridgehead atoms. The van der Waals surface area contributed by atoms with Crippen molar-refractivity contribution in [1.82, 2.24) is 9.38 Å². The van der Waals surface area contributed by atoms with Crippen LogP contribution in [0.3, 0.4) is 0 Å². The van der Waals surface area contributed by atoms with E-state index in [1.165, 1.54) is 16.7 Å². The molecule has 6 nitrogen and oxygen atoms in total. The van der Waals surface area contributed by atoms with E-state index in [0.717, 1.165) is 22.6 Å². The van der Waals surface area contributed by atoms with E-state index in [2.05, 4.69) is 4.98 Å². The third-order valence-corrected chi connectivity index (χ3v) is 4.13. The van der Waals surface area contributed by atoms with Crippen LogP contribution < -0.4 is 10.3 Å². The molecule has 0 saturated heterocycles. The van der Waals surface area contributed by atoms with Gasteiger partial charge in [0, 0.05) is 12.3 Å². The fourth-order valence-corrected chi connectivity index (χ4v) is 2.83. The second kappa shape index (κ2) is 6.05. The SMILES string of the molecule is COc1ccc(/C=C/c2cc(=O)n3cc(C(=O)O)sc3n2)cc1. The molecular formula is C16H12N2O4S. The Hall–Kier alpha value is -2.93. The molecule has 0 aliphatic carbocycles. The third kappa shape index (κ3) is 3.14. The summed E-state index contributed by atoms with van der Waals surface area (Å²) in [6.07, 6.45) is 4.82. The molecule has 0 unspecified atom stereocenters. The Morgan fingerprint density at radius 1 is 1.30 bits per heavy atom. The minimum atomic E-state index is -1.07. The van der Waals surface area contributed by atoms with Crippen LogP contribution in [0, 0.1) is 0 Å². The molecule has 3 rings (SSSR count). The van der Waals surface area contributed by atoms with Gasteiger partial charge in [0.05, 0.1) is 12.8 Å². The van der Waals surface area contributed by atoms with Gasteiger partial charge in [0.15, 0.2) is 4.96 Å². The molecule has 2 heterocycles. The van der Waals surface area contributed by atoms with Crippen molar-refractivity contribution in [3.63, 3.8) is 0 Å². The number of aromatic nitrogens is 2. The van der Waals surface area contributed by atoms with Crippen LogP contribution in [-0.4, -0.2) is 27.6 Å². The third-order valence-electron chi connectivity index (χ3n) is 3.16. The van der Waals surface area contributed by atoms with Crippen LogP contribution in [0.25, 0.3) is 17.1 Å². The van der Waals surface area contributed by atoms with Gasteiger partial charge in [-0.2, -0.15) is 0 Å². The Morgan fingerprint density at radius 2 is 2.04 bits per heavy atom. The average Bonchev–Trinajstić information content (AvgIpc) is 2.98. The van der Waals surface area contributed by atoms with Crippen LogP contribution in [0.5, 0.6) is 5.75 Å². The maximum atomic E-state index is 12.0. The van der Waals surface area contributed by atoms with E-state index in [0.29, 0.717) is 10.7 Å². The van der Waals surface area contributed by atoms with Gasteiger partial charge < -0.3 is 9.84 Å². The zero-order valence-corrected chi connectivity index (χ0v) is 12.9. The van der Waals surface area contributed by atoms with Crippen LogP contribution in [0.4, 0.5) is 0 Å². The minimum absolute atomic E-state index is 0.0749. The highest BCUT2D eigenvalue weighted by molar-refractivity contribution is 7.18. The summed E-state index contributed by atoms with van der Waals surface area (Å²) in [5.74, 6) is -0.310. The molecule has 0 amide bonds. The first-order chi connectivity index (χ1) is 11.1. The summed E-state index contributed by atoms with van der Waals surface area (Å²) < 4.78 is 6.33. The zero-order valence-electron chi connectivity index (χ0n) is 12.1. The summed E-state index contributed by atoms with van der Waals surface area (Å²) in [4.78, 5) is 27.7. The largest absolute Gasteiger partial charge is 0.497 e. The van der Waals surface area contributed by atoms with E-state index in [1.807, 2.05) is 30.3 Å². The van der Waals surface area contributed by atoms with Crippen molar-refractivity contribution in [2.45, 2.75) is 0 Å². The van der Waals surface area contributed by atoms with Crippen LogP contribution in [0.1, 0.15) is 20.9 Å². The van der Waals surface area contributed by atoms with Crippen molar-refractivity contribution < 1.29 is 14.6 Å². The quantitative estimate of drug-likeness (QED) is 0.796. The summed E-state index contributed by atoms with van der Waals surface area (Å²) in [5.41, 5.74) is 1.10. The van der Waals surface area contributed by atoms with Crippen LogP contribution in [-0.2, 0) is 0 Å². The number of rotatable bonds is 4. The molecular weight excluding hydrogens is 316 g/mol. The molecule has 0 fully saturated rings. The number of benzene rings is 1. The van der Waals surface area contributed by atoms with Gasteiger partial charge >= 0.3 is 5.97 Å². The van der Waals surface area contributed by atoms with Crippen LogP contribution in [0.2, 0.25) is 0 Å². The van der Waals surface area contributed by atoms with E-state index in [-0.39, 0.29) is 10.4 Å². The minimum Gasteiger partial charge on any atom is -0.497 e. The smallest absolute Gasteiger partial charge is 0.347 e. The second-order valence-electron chi connectivity index (χ2n) is 4.68. The van der Waals surface area contributed by atoms with Gasteiger partial charge in [-0.05, 0) is 23.8 Å². The number of carbonyl (C=O) groups is 1. The number of methoxy groups -OCH3 is 1. The summed E-state index contributed by atoms with van der Waals surface area (Å²) in [5, 5.41) is 8.98. The van der Waals surface area contributed by atoms with Crippen molar-refractivity contribution in [2.24, 2.45) is 0 Å². The fraction of sp³-hybridized carbons (Fsp3) is 0.0625. The summed E-state index contributed by atoms with van der Waals surface area (Å²) in [6.45, 7) is 0. The average molecular weight is 328 g/mol. The van der Waals surface area contributed by atoms with Crippen LogP contribution >= 0.6 is 11.3 Å². The molecule has 0 radical (unpaired) electrons. The van der Waals surface area contributed by atoms with Gasteiger partial charge in [-0.15, -0.1) is 0 Å². The normalized spacial score (nSPS) is 11.2. The highest BCUT2D eigenvalue weighted by atomic mass is 32.1. The van der Waals surface area contributed by atoms with Crippen molar-refractivity contribution in [3.8, 4) is 5.75 Å². The Kier molecular flexibility index (Phi) is 3.94. The molecule has 3 aromatic rings. The number of thiazole rings is 1. The Labute approximate surface area is 134 Å². The lowest BCUT2D eigenvalue weighted by Crippen LogP contribution is -2.11. The van der Waals surface area contributed by atoms with Gasteiger partial charge in [0.2, 0.25) is 0 Å². The predicted octanol–water partition coefficient (Wildman–Crippen LogP) is 2.63. The lowest BCUT2D eigenvalue weighted by atomic mass is 10.2. The zero-order chi connectivity index (χ0) is 16.4. The first kappa shape index (κ1) is 15.0. The van der Waals surface area contributed by atoms with Crippen LogP contribution in [0.15, 0.2) is 41.3 Å². The topological polar surface area (TPSA) is 80.9 Å². The first-order valence-electron chi connectivity index (χ1n) is 6.65. The first-order valence-corrected chi connectivity index (χ1v) is 7.47. The number of hydrogen-bond acceptors (Lipinski definition) is 5. The number of aromatic carboxylic acids is 1. The highest BCUT2D eigenvalue weighted by Crippen LogP contribution is 2.16. The van der Waals surface area contributed by atoms with E-state index in [9.17, 15) is 9.59 Å². The Bertz CT molecular complexity index is 954. The molecule has 23 heavy (non-hydrogen) atoms. The lowest BCUT2D eigenvalue weighted by Gasteiger charge is -1.99. The molecule has 2 aromatic heterocycles. The molecule has 0 spiro atoms. The fourth-order valence-electron chi connectivity index (χ4n) is 2.00. The summed E-state index contributed by atoms with van der Waals surface area (Å²) in [6, 6.07) is 8.81. The number of carboxylic acid groups (broad SMARTS) is 1. The molecule has 7 heteroatoms. The summed E-state index contributed by atoms with van der Waals surface area (Å²) >= 11 is 0.962. The Balaban J connectivity index is 1.94. The van der Waals surface area contributed by atoms with Crippen molar-refractivity contribution >= 4 is 34.4 Å². The molecule has 0 saturated carbocycles. The maximum Gasteiger partial charge on any atom is 0.347 e. The standard InChI is InChI=1S/C16H12N2O4S/c1-22-12-6-3-10(4-7-12)2-5-11-8-14(19)18-9-13(15(20)21)23-16(18)17-11/h2-9H,1H3,(H,20,21)/b5-2+. The van der Waals surface area contributed by atoms with E-state index in [4.69, 9.17) is 9.84 Å². The predicted molar refractivity (Wildman–Crippen MR) is 88.2 cm³/mol. The van der Waals surface area contributed by atoms with Gasteiger partial charge in [0.25, 0.3) is 5.56 Å². The summed E-state index contributed by atoms with van der Waals surface area (Å²) in [7, 11) is 1.60. The highest BCUT2D eigenvalue weighted by Gasteiger charge is 2.11. The van der Waals surface area contributed by atoms with Gasteiger partial charge in [-0.3, -0.25) is 9.20 Å². The number of hydrogen-bond donors (Lipinski definition) is 1. The maximum absolute atomic E-state index is 12.0. The van der Waals surface area contributed by atoms with Crippen molar-refractivity contribution in [1.29, 1.82) is 0 Å². The number of carboxylic acids is 1. The lowest BCUT2D eigenvalue weighted by molar-refractivity contribution is 0.0702. The monoisotopic (exact) mass is 328 g/mol. The molecule has 116 valence electrons. The molecule has 1 aromatic carbocycles. The van der Waals surface area contributed by atoms with Crippen molar-refractivity contribution in [3.05, 3.63) is 63.0 Å².